The summed E-state index contributed by atoms with van der Waals surface area (Å²) in [6.07, 6.45) is 0. The van der Waals surface area contributed by atoms with Crippen molar-refractivity contribution in [2.24, 2.45) is 0 Å². The summed E-state index contributed by atoms with van der Waals surface area (Å²) >= 11 is 1.28. The number of imidazole rings is 1. The minimum absolute atomic E-state index is 0.157. The summed E-state index contributed by atoms with van der Waals surface area (Å²) < 4.78 is 33.4. The van der Waals surface area contributed by atoms with Crippen LogP contribution < -0.4 is 0 Å². The molecule has 0 spiro atoms. The Morgan fingerprint density at radius 1 is 1.28 bits per heavy atom. The fraction of sp³-hybridized carbons (Fsp3) is 0.500. The van der Waals surface area contributed by atoms with E-state index >= 15 is 0 Å². The lowest BCUT2D eigenvalue weighted by molar-refractivity contribution is -0.137. The first-order valence-electron chi connectivity index (χ1n) is 8.09. The molecule has 0 radical (unpaired) electrons. The number of carbonyl (C=O) groups is 1. The fourth-order valence-electron chi connectivity index (χ4n) is 2.56. The standard InChI is InChI=1S/C16H23N3O4S2/c1-5-18(6-2)25(21,22)12-8-9-14-13(10-12)17-16(19(14)7-3)24-11-15(20)23-4/h8-10H,5-7,11H2,1-4H3. The Labute approximate surface area is 152 Å². The van der Waals surface area contributed by atoms with E-state index in [-0.39, 0.29) is 16.6 Å². The number of carbonyl (C=O) groups excluding carboxylic acids is 1. The molecule has 0 atom stereocenters. The topological polar surface area (TPSA) is 81.5 Å². The highest BCUT2D eigenvalue weighted by molar-refractivity contribution is 7.99. The van der Waals surface area contributed by atoms with Crippen LogP contribution in [0.3, 0.4) is 0 Å². The molecule has 9 heteroatoms. The molecule has 0 saturated carbocycles. The van der Waals surface area contributed by atoms with Gasteiger partial charge in [0.2, 0.25) is 10.0 Å². The summed E-state index contributed by atoms with van der Waals surface area (Å²) in [6.45, 7) is 7.10. The average molecular weight is 386 g/mol. The van der Waals surface area contributed by atoms with Gasteiger partial charge in [-0.3, -0.25) is 4.79 Å². The van der Waals surface area contributed by atoms with Crippen molar-refractivity contribution in [3.63, 3.8) is 0 Å². The molecule has 0 aliphatic heterocycles. The van der Waals surface area contributed by atoms with E-state index in [1.165, 1.54) is 23.2 Å². The third kappa shape index (κ3) is 3.99. The number of hydrogen-bond acceptors (Lipinski definition) is 6. The normalized spacial score (nSPS) is 12.0. The number of methoxy groups -OCH3 is 1. The van der Waals surface area contributed by atoms with Gasteiger partial charge in [0.05, 0.1) is 28.8 Å². The van der Waals surface area contributed by atoms with E-state index in [4.69, 9.17) is 0 Å². The van der Waals surface area contributed by atoms with Crippen LogP contribution in [0.1, 0.15) is 20.8 Å². The Morgan fingerprint density at radius 3 is 2.52 bits per heavy atom. The number of aryl methyl sites for hydroxylation is 1. The first-order valence-corrected chi connectivity index (χ1v) is 10.5. The molecular formula is C16H23N3O4S2. The Hall–Kier alpha value is -1.58. The van der Waals surface area contributed by atoms with E-state index in [0.29, 0.717) is 30.3 Å². The molecule has 0 fully saturated rings. The molecule has 0 bridgehead atoms. The van der Waals surface area contributed by atoms with E-state index in [0.717, 1.165) is 5.52 Å². The third-order valence-corrected chi connectivity index (χ3v) is 6.89. The molecule has 7 nitrogen and oxygen atoms in total. The van der Waals surface area contributed by atoms with Crippen molar-refractivity contribution in [2.75, 3.05) is 26.0 Å². The van der Waals surface area contributed by atoms with Gasteiger partial charge in [0.15, 0.2) is 5.16 Å². The number of aromatic nitrogens is 2. The Bertz CT molecular complexity index is 858. The Balaban J connectivity index is 2.45. The zero-order valence-corrected chi connectivity index (χ0v) is 16.5. The fourth-order valence-corrected chi connectivity index (χ4v) is 4.95. The molecule has 1 aromatic heterocycles. The van der Waals surface area contributed by atoms with Crippen molar-refractivity contribution < 1.29 is 17.9 Å². The first kappa shape index (κ1) is 19.7. The van der Waals surface area contributed by atoms with E-state index in [1.54, 1.807) is 18.2 Å². The summed E-state index contributed by atoms with van der Waals surface area (Å²) in [5.41, 5.74) is 1.44. The highest BCUT2D eigenvalue weighted by atomic mass is 32.2. The smallest absolute Gasteiger partial charge is 0.316 e. The second kappa shape index (κ2) is 8.20. The second-order valence-corrected chi connectivity index (χ2v) is 8.12. The Morgan fingerprint density at radius 2 is 1.96 bits per heavy atom. The number of benzene rings is 1. The highest BCUT2D eigenvalue weighted by Crippen LogP contribution is 2.27. The molecular weight excluding hydrogens is 362 g/mol. The van der Waals surface area contributed by atoms with Crippen LogP contribution in [-0.2, 0) is 26.1 Å². The molecule has 1 aromatic carbocycles. The van der Waals surface area contributed by atoms with Crippen molar-refractivity contribution in [1.29, 1.82) is 0 Å². The van der Waals surface area contributed by atoms with Crippen LogP contribution in [0.2, 0.25) is 0 Å². The average Bonchev–Trinajstić information content (AvgIpc) is 2.96. The summed E-state index contributed by atoms with van der Waals surface area (Å²) in [5, 5.41) is 0.667. The number of hydrogen-bond donors (Lipinski definition) is 0. The van der Waals surface area contributed by atoms with Gasteiger partial charge in [-0.25, -0.2) is 13.4 Å². The van der Waals surface area contributed by atoms with Crippen molar-refractivity contribution in [2.45, 2.75) is 37.4 Å². The zero-order chi connectivity index (χ0) is 18.6. The number of nitrogens with zero attached hydrogens (tertiary/aromatic N) is 3. The maximum absolute atomic E-state index is 12.7. The van der Waals surface area contributed by atoms with Crippen molar-refractivity contribution in [3.8, 4) is 0 Å². The van der Waals surface area contributed by atoms with Gasteiger partial charge in [-0.05, 0) is 25.1 Å². The number of esters is 1. The van der Waals surface area contributed by atoms with Gasteiger partial charge in [-0.2, -0.15) is 4.31 Å². The van der Waals surface area contributed by atoms with Crippen LogP contribution in [0.15, 0.2) is 28.3 Å². The molecule has 25 heavy (non-hydrogen) atoms. The van der Waals surface area contributed by atoms with Gasteiger partial charge < -0.3 is 9.30 Å². The zero-order valence-electron chi connectivity index (χ0n) is 14.9. The highest BCUT2D eigenvalue weighted by Gasteiger charge is 2.23. The lowest BCUT2D eigenvalue weighted by Gasteiger charge is -2.18. The lowest BCUT2D eigenvalue weighted by Crippen LogP contribution is -2.30. The van der Waals surface area contributed by atoms with Gasteiger partial charge in [0, 0.05) is 19.6 Å². The number of ether oxygens (including phenoxy) is 1. The Kier molecular flexibility index (Phi) is 6.47. The van der Waals surface area contributed by atoms with Crippen LogP contribution in [0.25, 0.3) is 11.0 Å². The summed E-state index contributed by atoms with van der Waals surface area (Å²) in [5.74, 6) is -0.172. The monoisotopic (exact) mass is 385 g/mol. The predicted octanol–water partition coefficient (Wildman–Crippen LogP) is 2.35. The predicted molar refractivity (Wildman–Crippen MR) is 98.3 cm³/mol. The van der Waals surface area contributed by atoms with E-state index < -0.39 is 10.0 Å². The van der Waals surface area contributed by atoms with Crippen LogP contribution in [0.4, 0.5) is 0 Å². The van der Waals surface area contributed by atoms with Crippen molar-refractivity contribution >= 4 is 38.8 Å². The number of fused-ring (bicyclic) bond motifs is 1. The van der Waals surface area contributed by atoms with Crippen LogP contribution in [0.5, 0.6) is 0 Å². The van der Waals surface area contributed by atoms with Gasteiger partial charge in [-0.1, -0.05) is 25.6 Å². The molecule has 0 unspecified atom stereocenters. The van der Waals surface area contributed by atoms with E-state index in [1.807, 2.05) is 25.3 Å². The summed E-state index contributed by atoms with van der Waals surface area (Å²) in [7, 11) is -2.19. The van der Waals surface area contributed by atoms with Crippen molar-refractivity contribution in [1.82, 2.24) is 13.9 Å². The third-order valence-electron chi connectivity index (χ3n) is 3.89. The van der Waals surface area contributed by atoms with Gasteiger partial charge in [0.1, 0.15) is 0 Å². The van der Waals surface area contributed by atoms with Gasteiger partial charge in [0.25, 0.3) is 0 Å². The maximum atomic E-state index is 12.7. The van der Waals surface area contributed by atoms with E-state index in [9.17, 15) is 13.2 Å². The maximum Gasteiger partial charge on any atom is 0.316 e. The minimum Gasteiger partial charge on any atom is -0.468 e. The molecule has 0 aliphatic carbocycles. The number of sulfonamides is 1. The van der Waals surface area contributed by atoms with Crippen LogP contribution in [-0.4, -0.2) is 54.2 Å². The van der Waals surface area contributed by atoms with Gasteiger partial charge >= 0.3 is 5.97 Å². The van der Waals surface area contributed by atoms with Crippen LogP contribution in [0, 0.1) is 0 Å². The molecule has 2 rings (SSSR count). The number of thioether (sulfide) groups is 1. The van der Waals surface area contributed by atoms with E-state index in [2.05, 4.69) is 9.72 Å². The largest absolute Gasteiger partial charge is 0.468 e. The summed E-state index contributed by atoms with van der Waals surface area (Å²) in [4.78, 5) is 16.1. The van der Waals surface area contributed by atoms with Crippen molar-refractivity contribution in [3.05, 3.63) is 18.2 Å². The first-order chi connectivity index (χ1) is 11.9. The molecule has 0 amide bonds. The quantitative estimate of drug-likeness (QED) is 0.512. The molecule has 0 N–H and O–H groups in total. The number of rotatable bonds is 8. The van der Waals surface area contributed by atoms with Gasteiger partial charge in [-0.15, -0.1) is 0 Å². The van der Waals surface area contributed by atoms with Crippen LogP contribution >= 0.6 is 11.8 Å². The SMILES string of the molecule is CCN(CC)S(=O)(=O)c1ccc2c(c1)nc(SCC(=O)OC)n2CC. The molecule has 1 heterocycles. The second-order valence-electron chi connectivity index (χ2n) is 5.24. The molecule has 2 aromatic rings. The summed E-state index contributed by atoms with van der Waals surface area (Å²) in [6, 6.07) is 4.97. The molecule has 0 aliphatic rings. The minimum atomic E-state index is -3.53. The molecule has 138 valence electrons. The molecule has 0 saturated heterocycles. The lowest BCUT2D eigenvalue weighted by atomic mass is 10.3.